The zero-order valence-electron chi connectivity index (χ0n) is 5.66. The average Bonchev–Trinajstić information content (AvgIpc) is 2.03. The summed E-state index contributed by atoms with van der Waals surface area (Å²) in [5.41, 5.74) is 0. The number of nitrogens with zero attached hydrogens (tertiary/aromatic N) is 1. The summed E-state index contributed by atoms with van der Waals surface area (Å²) in [5, 5.41) is 1.75. The lowest BCUT2D eigenvalue weighted by Crippen LogP contribution is -2.20. The van der Waals surface area contributed by atoms with Gasteiger partial charge in [-0.1, -0.05) is 12.2 Å². The van der Waals surface area contributed by atoms with Crippen molar-refractivity contribution in [1.29, 1.82) is 0 Å². The van der Waals surface area contributed by atoms with Crippen molar-refractivity contribution in [2.24, 2.45) is 0 Å². The highest BCUT2D eigenvalue weighted by atomic mass is 35.5. The van der Waals surface area contributed by atoms with Gasteiger partial charge in [0.25, 0.3) is 0 Å². The van der Waals surface area contributed by atoms with Gasteiger partial charge in [0.2, 0.25) is 0 Å². The first-order valence-corrected chi connectivity index (χ1v) is 3.76. The number of hydrogen-bond acceptors (Lipinski definition) is 2. The zero-order valence-corrected chi connectivity index (χ0v) is 6.42. The molecule has 0 aliphatic carbocycles. The number of halogens is 1. The van der Waals surface area contributed by atoms with Crippen LogP contribution < -0.4 is 0 Å². The molecule has 0 fully saturated rings. The molecule has 0 radical (unpaired) electrons. The van der Waals surface area contributed by atoms with Gasteiger partial charge < -0.3 is 0 Å². The van der Waals surface area contributed by atoms with Gasteiger partial charge >= 0.3 is 0 Å². The Morgan fingerprint density at radius 1 is 1.50 bits per heavy atom. The van der Waals surface area contributed by atoms with Crippen LogP contribution in [0.25, 0.3) is 0 Å². The molecule has 0 aromatic rings. The van der Waals surface area contributed by atoms with E-state index >= 15 is 0 Å². The van der Waals surface area contributed by atoms with Gasteiger partial charge in [0.15, 0.2) is 0 Å². The second-order valence-electron chi connectivity index (χ2n) is 1.89. The molecule has 0 aromatic heterocycles. The monoisotopic (exact) mass is 159 g/mol. The van der Waals surface area contributed by atoms with Gasteiger partial charge in [-0.15, -0.1) is 11.6 Å². The average molecular weight is 160 g/mol. The fourth-order valence-corrected chi connectivity index (χ4v) is 0.766. The Morgan fingerprint density at radius 2 is 2.40 bits per heavy atom. The molecule has 1 heterocycles. The van der Waals surface area contributed by atoms with Crippen LogP contribution in [-0.2, 0) is 4.84 Å². The lowest BCUT2D eigenvalue weighted by Gasteiger charge is -2.18. The SMILES string of the molecule is ClCCON1C=CC=CC1. The second kappa shape index (κ2) is 4.36. The minimum absolute atomic E-state index is 0.536. The normalized spacial score (nSPS) is 16.3. The van der Waals surface area contributed by atoms with Crippen molar-refractivity contribution in [3.63, 3.8) is 0 Å². The second-order valence-corrected chi connectivity index (χ2v) is 2.27. The minimum atomic E-state index is 0.536. The fourth-order valence-electron chi connectivity index (χ4n) is 0.697. The molecule has 1 aliphatic heterocycles. The first kappa shape index (κ1) is 7.63. The van der Waals surface area contributed by atoms with Crippen LogP contribution in [0.1, 0.15) is 0 Å². The van der Waals surface area contributed by atoms with Crippen molar-refractivity contribution in [2.75, 3.05) is 19.0 Å². The van der Waals surface area contributed by atoms with E-state index < -0.39 is 0 Å². The molecular weight excluding hydrogens is 150 g/mol. The van der Waals surface area contributed by atoms with Gasteiger partial charge in [0.1, 0.15) is 0 Å². The van der Waals surface area contributed by atoms with Crippen LogP contribution in [-0.4, -0.2) is 24.1 Å². The zero-order chi connectivity index (χ0) is 7.23. The van der Waals surface area contributed by atoms with Crippen molar-refractivity contribution >= 4 is 11.6 Å². The lowest BCUT2D eigenvalue weighted by molar-refractivity contribution is -0.106. The topological polar surface area (TPSA) is 12.5 Å². The number of allylic oxidation sites excluding steroid dienone is 2. The minimum Gasteiger partial charge on any atom is -0.272 e. The van der Waals surface area contributed by atoms with E-state index in [0.29, 0.717) is 12.5 Å². The van der Waals surface area contributed by atoms with Crippen molar-refractivity contribution in [3.05, 3.63) is 24.4 Å². The number of hydrogen-bond donors (Lipinski definition) is 0. The molecule has 0 saturated heterocycles. The molecule has 0 aromatic carbocycles. The smallest absolute Gasteiger partial charge is 0.0883 e. The van der Waals surface area contributed by atoms with Crippen LogP contribution in [0, 0.1) is 0 Å². The van der Waals surface area contributed by atoms with Gasteiger partial charge in [0, 0.05) is 12.1 Å². The predicted molar refractivity (Wildman–Crippen MR) is 41.7 cm³/mol. The molecule has 0 atom stereocenters. The molecule has 0 N–H and O–H groups in total. The Bertz CT molecular complexity index is 145. The van der Waals surface area contributed by atoms with Gasteiger partial charge in [-0.2, -0.15) is 0 Å². The Balaban J connectivity index is 2.17. The summed E-state index contributed by atoms with van der Waals surface area (Å²) >= 11 is 5.43. The Morgan fingerprint density at radius 3 is 3.00 bits per heavy atom. The lowest BCUT2D eigenvalue weighted by atomic mass is 10.4. The summed E-state index contributed by atoms with van der Waals surface area (Å²) in [6.45, 7) is 1.38. The third-order valence-electron chi connectivity index (χ3n) is 1.12. The molecular formula is C7H10ClNO. The van der Waals surface area contributed by atoms with Crippen LogP contribution in [0.15, 0.2) is 24.4 Å². The van der Waals surface area contributed by atoms with Crippen LogP contribution in [0.4, 0.5) is 0 Å². The molecule has 0 spiro atoms. The van der Waals surface area contributed by atoms with Crippen LogP contribution in [0.5, 0.6) is 0 Å². The summed E-state index contributed by atoms with van der Waals surface area (Å²) in [4.78, 5) is 5.20. The third kappa shape index (κ3) is 2.42. The maximum Gasteiger partial charge on any atom is 0.0883 e. The van der Waals surface area contributed by atoms with E-state index in [0.717, 1.165) is 6.54 Å². The highest BCUT2D eigenvalue weighted by Crippen LogP contribution is 1.98. The van der Waals surface area contributed by atoms with Crippen molar-refractivity contribution in [3.8, 4) is 0 Å². The van der Waals surface area contributed by atoms with E-state index in [1.807, 2.05) is 24.4 Å². The Labute approximate surface area is 65.7 Å². The van der Waals surface area contributed by atoms with Gasteiger partial charge in [-0.25, -0.2) is 0 Å². The summed E-state index contributed by atoms with van der Waals surface area (Å²) < 4.78 is 0. The highest BCUT2D eigenvalue weighted by Gasteiger charge is 1.97. The molecule has 0 saturated carbocycles. The van der Waals surface area contributed by atoms with E-state index in [2.05, 4.69) is 0 Å². The van der Waals surface area contributed by atoms with E-state index in [1.165, 1.54) is 0 Å². The van der Waals surface area contributed by atoms with Crippen LogP contribution in [0.3, 0.4) is 0 Å². The Kier molecular flexibility index (Phi) is 3.33. The fraction of sp³-hybridized carbons (Fsp3) is 0.429. The quantitative estimate of drug-likeness (QED) is 0.580. The molecule has 0 bridgehead atoms. The van der Waals surface area contributed by atoms with Crippen molar-refractivity contribution in [1.82, 2.24) is 5.06 Å². The van der Waals surface area contributed by atoms with Gasteiger partial charge in [-0.3, -0.25) is 9.90 Å². The van der Waals surface area contributed by atoms with Crippen LogP contribution >= 0.6 is 11.6 Å². The maximum atomic E-state index is 5.43. The molecule has 0 amide bonds. The summed E-state index contributed by atoms with van der Waals surface area (Å²) in [5.74, 6) is 0.536. The summed E-state index contributed by atoms with van der Waals surface area (Å²) in [6.07, 6.45) is 7.82. The van der Waals surface area contributed by atoms with E-state index in [-0.39, 0.29) is 0 Å². The highest BCUT2D eigenvalue weighted by molar-refractivity contribution is 6.17. The van der Waals surface area contributed by atoms with E-state index in [4.69, 9.17) is 16.4 Å². The number of alkyl halides is 1. The van der Waals surface area contributed by atoms with Gasteiger partial charge in [0.05, 0.1) is 13.2 Å². The van der Waals surface area contributed by atoms with E-state index in [9.17, 15) is 0 Å². The van der Waals surface area contributed by atoms with Crippen molar-refractivity contribution in [2.45, 2.75) is 0 Å². The molecule has 1 rings (SSSR count). The van der Waals surface area contributed by atoms with E-state index in [1.54, 1.807) is 5.06 Å². The largest absolute Gasteiger partial charge is 0.272 e. The molecule has 0 unspecified atom stereocenters. The van der Waals surface area contributed by atoms with Crippen LogP contribution in [0.2, 0.25) is 0 Å². The molecule has 2 nitrogen and oxygen atoms in total. The molecule has 3 heteroatoms. The molecule has 10 heavy (non-hydrogen) atoms. The first-order valence-electron chi connectivity index (χ1n) is 3.22. The first-order chi connectivity index (χ1) is 4.93. The third-order valence-corrected chi connectivity index (χ3v) is 1.27. The Hall–Kier alpha value is -0.470. The maximum absolute atomic E-state index is 5.43. The summed E-state index contributed by atoms with van der Waals surface area (Å²) in [6, 6.07) is 0. The van der Waals surface area contributed by atoms with Crippen molar-refractivity contribution < 1.29 is 4.84 Å². The van der Waals surface area contributed by atoms with Gasteiger partial charge in [-0.05, 0) is 6.08 Å². The standard InChI is InChI=1S/C7H10ClNO/c8-4-7-10-9-5-2-1-3-6-9/h1-3,5H,4,6-7H2. The molecule has 56 valence electrons. The molecule has 1 aliphatic rings. The predicted octanol–water partition coefficient (Wildman–Crippen LogP) is 1.54. The number of rotatable bonds is 3. The number of hydroxylamine groups is 2. The summed E-state index contributed by atoms with van der Waals surface area (Å²) in [7, 11) is 0.